The number of amides is 1. The molecule has 0 spiro atoms. The van der Waals surface area contributed by atoms with Crippen molar-refractivity contribution in [2.45, 2.75) is 32.5 Å². The van der Waals surface area contributed by atoms with Gasteiger partial charge >= 0.3 is 0 Å². The number of nitrogens with one attached hydrogen (secondary N) is 1. The third kappa shape index (κ3) is 3.68. The van der Waals surface area contributed by atoms with E-state index in [0.717, 1.165) is 11.1 Å². The van der Waals surface area contributed by atoms with Crippen LogP contribution in [0.2, 0.25) is 0 Å². The van der Waals surface area contributed by atoms with Gasteiger partial charge in [-0.25, -0.2) is 4.98 Å². The summed E-state index contributed by atoms with van der Waals surface area (Å²) in [5, 5.41) is 2.92. The number of hydrogen-bond donors (Lipinski definition) is 2. The second-order valence-electron chi connectivity index (χ2n) is 5.06. The van der Waals surface area contributed by atoms with Crippen molar-refractivity contribution in [1.82, 2.24) is 14.9 Å². The molecule has 5 nitrogen and oxygen atoms in total. The molecule has 20 heavy (non-hydrogen) atoms. The summed E-state index contributed by atoms with van der Waals surface area (Å²) in [4.78, 5) is 16.1. The maximum atomic E-state index is 12.1. The van der Waals surface area contributed by atoms with Crippen LogP contribution in [0.4, 0.5) is 0 Å². The fraction of sp³-hybridized carbons (Fsp3) is 0.333. The van der Waals surface area contributed by atoms with Crippen LogP contribution in [0.15, 0.2) is 43.0 Å². The van der Waals surface area contributed by atoms with Crippen LogP contribution in [-0.4, -0.2) is 21.5 Å². The van der Waals surface area contributed by atoms with Crippen LogP contribution in [0.5, 0.6) is 0 Å². The SMILES string of the molecule is Cc1ccc(C(N)C(=O)NC(C)Cn2ccnc2)cc1. The third-order valence-electron chi connectivity index (χ3n) is 3.15. The number of hydrogen-bond acceptors (Lipinski definition) is 3. The van der Waals surface area contributed by atoms with Crippen LogP contribution in [0.25, 0.3) is 0 Å². The predicted molar refractivity (Wildman–Crippen MR) is 77.9 cm³/mol. The number of aromatic nitrogens is 2. The first-order valence-corrected chi connectivity index (χ1v) is 6.64. The lowest BCUT2D eigenvalue weighted by atomic mass is 10.1. The number of aryl methyl sites for hydroxylation is 1. The molecule has 1 amide bonds. The van der Waals surface area contributed by atoms with Gasteiger partial charge in [-0.2, -0.15) is 0 Å². The molecule has 0 saturated heterocycles. The molecular weight excluding hydrogens is 252 g/mol. The van der Waals surface area contributed by atoms with Crippen LogP contribution in [0.3, 0.4) is 0 Å². The Kier molecular flexibility index (Phi) is 4.53. The standard InChI is InChI=1S/C15H20N4O/c1-11-3-5-13(6-4-11)14(16)15(20)18-12(2)9-19-8-7-17-10-19/h3-8,10,12,14H,9,16H2,1-2H3,(H,18,20). The number of imidazole rings is 1. The van der Waals surface area contributed by atoms with Crippen LogP contribution < -0.4 is 11.1 Å². The van der Waals surface area contributed by atoms with E-state index in [4.69, 9.17) is 5.73 Å². The molecule has 2 aromatic rings. The Hall–Kier alpha value is -2.14. The van der Waals surface area contributed by atoms with E-state index in [1.165, 1.54) is 0 Å². The molecule has 1 aromatic heterocycles. The van der Waals surface area contributed by atoms with E-state index in [0.29, 0.717) is 6.54 Å². The zero-order valence-corrected chi connectivity index (χ0v) is 11.8. The minimum Gasteiger partial charge on any atom is -0.350 e. The number of carbonyl (C=O) groups is 1. The van der Waals surface area contributed by atoms with Gasteiger partial charge in [0.15, 0.2) is 0 Å². The Morgan fingerprint density at radius 2 is 2.10 bits per heavy atom. The quantitative estimate of drug-likeness (QED) is 0.864. The summed E-state index contributed by atoms with van der Waals surface area (Å²) in [7, 11) is 0. The first-order valence-electron chi connectivity index (χ1n) is 6.64. The van der Waals surface area contributed by atoms with Gasteiger partial charge in [0.05, 0.1) is 6.33 Å². The molecule has 0 radical (unpaired) electrons. The minimum absolute atomic E-state index is 0.00630. The van der Waals surface area contributed by atoms with Gasteiger partial charge in [0.2, 0.25) is 5.91 Å². The molecule has 3 N–H and O–H groups in total. The lowest BCUT2D eigenvalue weighted by Crippen LogP contribution is -2.41. The third-order valence-corrected chi connectivity index (χ3v) is 3.15. The Morgan fingerprint density at radius 3 is 2.70 bits per heavy atom. The molecule has 1 aromatic carbocycles. The van der Waals surface area contributed by atoms with Crippen molar-refractivity contribution in [3.8, 4) is 0 Å². The Bertz CT molecular complexity index is 548. The molecule has 2 unspecified atom stereocenters. The van der Waals surface area contributed by atoms with E-state index in [1.54, 1.807) is 12.5 Å². The maximum absolute atomic E-state index is 12.1. The highest BCUT2D eigenvalue weighted by Crippen LogP contribution is 2.11. The summed E-state index contributed by atoms with van der Waals surface area (Å²) in [6, 6.07) is 7.05. The summed E-state index contributed by atoms with van der Waals surface area (Å²) in [5.41, 5.74) is 7.95. The van der Waals surface area contributed by atoms with Gasteiger partial charge in [-0.15, -0.1) is 0 Å². The molecule has 1 heterocycles. The Balaban J connectivity index is 1.92. The van der Waals surface area contributed by atoms with Gasteiger partial charge in [0.1, 0.15) is 6.04 Å². The summed E-state index contributed by atoms with van der Waals surface area (Å²) >= 11 is 0. The highest BCUT2D eigenvalue weighted by Gasteiger charge is 2.17. The molecular formula is C15H20N4O. The lowest BCUT2D eigenvalue weighted by molar-refractivity contribution is -0.123. The first kappa shape index (κ1) is 14.3. The van der Waals surface area contributed by atoms with Gasteiger partial charge in [-0.3, -0.25) is 4.79 Å². The first-order chi connectivity index (χ1) is 9.56. The van der Waals surface area contributed by atoms with Crippen molar-refractivity contribution < 1.29 is 4.79 Å². The van der Waals surface area contributed by atoms with Gasteiger partial charge in [0.25, 0.3) is 0 Å². The fourth-order valence-corrected chi connectivity index (χ4v) is 2.01. The normalized spacial score (nSPS) is 13.8. The van der Waals surface area contributed by atoms with Crippen LogP contribution in [-0.2, 0) is 11.3 Å². The molecule has 0 saturated carbocycles. The maximum Gasteiger partial charge on any atom is 0.241 e. The molecule has 0 bridgehead atoms. The molecule has 0 aliphatic carbocycles. The van der Waals surface area contributed by atoms with Gasteiger partial charge in [0, 0.05) is 25.0 Å². The van der Waals surface area contributed by atoms with Crippen LogP contribution in [0, 0.1) is 6.92 Å². The number of nitrogens with zero attached hydrogens (tertiary/aromatic N) is 2. The summed E-state index contributed by atoms with van der Waals surface area (Å²) in [5.74, 6) is -0.165. The summed E-state index contributed by atoms with van der Waals surface area (Å²) < 4.78 is 1.92. The van der Waals surface area contributed by atoms with Gasteiger partial charge in [-0.1, -0.05) is 29.8 Å². The molecule has 2 atom stereocenters. The predicted octanol–water partition coefficient (Wildman–Crippen LogP) is 1.40. The highest BCUT2D eigenvalue weighted by molar-refractivity contribution is 5.83. The van der Waals surface area contributed by atoms with Crippen molar-refractivity contribution >= 4 is 5.91 Å². The van der Waals surface area contributed by atoms with E-state index in [-0.39, 0.29) is 11.9 Å². The number of rotatable bonds is 5. The largest absolute Gasteiger partial charge is 0.350 e. The van der Waals surface area contributed by atoms with Crippen molar-refractivity contribution in [3.05, 3.63) is 54.1 Å². The minimum atomic E-state index is -0.638. The summed E-state index contributed by atoms with van der Waals surface area (Å²) in [6.07, 6.45) is 5.30. The zero-order chi connectivity index (χ0) is 14.5. The second kappa shape index (κ2) is 6.34. The van der Waals surface area contributed by atoms with Crippen LogP contribution in [0.1, 0.15) is 24.1 Å². The highest BCUT2D eigenvalue weighted by atomic mass is 16.2. The van der Waals surface area contributed by atoms with E-state index in [1.807, 2.05) is 48.9 Å². The lowest BCUT2D eigenvalue weighted by Gasteiger charge is -2.18. The van der Waals surface area contributed by atoms with Crippen molar-refractivity contribution in [1.29, 1.82) is 0 Å². The molecule has 5 heteroatoms. The average molecular weight is 272 g/mol. The smallest absolute Gasteiger partial charge is 0.241 e. The molecule has 0 aliphatic heterocycles. The van der Waals surface area contributed by atoms with E-state index in [2.05, 4.69) is 10.3 Å². The second-order valence-corrected chi connectivity index (χ2v) is 5.06. The molecule has 0 fully saturated rings. The van der Waals surface area contributed by atoms with E-state index >= 15 is 0 Å². The Labute approximate surface area is 118 Å². The molecule has 106 valence electrons. The Morgan fingerprint density at radius 1 is 1.40 bits per heavy atom. The monoisotopic (exact) mass is 272 g/mol. The average Bonchev–Trinajstić information content (AvgIpc) is 2.91. The topological polar surface area (TPSA) is 72.9 Å². The molecule has 2 rings (SSSR count). The van der Waals surface area contributed by atoms with Crippen molar-refractivity contribution in [3.63, 3.8) is 0 Å². The number of nitrogens with two attached hydrogens (primary N) is 1. The number of carbonyl (C=O) groups excluding carboxylic acids is 1. The van der Waals surface area contributed by atoms with Crippen LogP contribution >= 0.6 is 0 Å². The number of benzene rings is 1. The van der Waals surface area contributed by atoms with Crippen molar-refractivity contribution in [2.24, 2.45) is 5.73 Å². The van der Waals surface area contributed by atoms with Gasteiger partial charge < -0.3 is 15.6 Å². The van der Waals surface area contributed by atoms with E-state index in [9.17, 15) is 4.79 Å². The summed E-state index contributed by atoms with van der Waals surface area (Å²) in [6.45, 7) is 4.62. The molecule has 0 aliphatic rings. The van der Waals surface area contributed by atoms with Gasteiger partial charge in [-0.05, 0) is 19.4 Å². The zero-order valence-electron chi connectivity index (χ0n) is 11.8. The van der Waals surface area contributed by atoms with E-state index < -0.39 is 6.04 Å². The van der Waals surface area contributed by atoms with Crippen molar-refractivity contribution in [2.75, 3.05) is 0 Å². The fourth-order valence-electron chi connectivity index (χ4n) is 2.01.